The maximum absolute atomic E-state index is 11.7. The Morgan fingerprint density at radius 3 is 2.20 bits per heavy atom. The molecular formula is C12H17NOS. The van der Waals surface area contributed by atoms with Crippen molar-refractivity contribution in [2.24, 2.45) is 9.81 Å². The van der Waals surface area contributed by atoms with Gasteiger partial charge in [-0.25, -0.2) is 4.21 Å². The molecule has 0 saturated carbocycles. The molecule has 82 valence electrons. The van der Waals surface area contributed by atoms with Crippen LogP contribution in [0.2, 0.25) is 0 Å². The van der Waals surface area contributed by atoms with Gasteiger partial charge in [0.15, 0.2) is 11.0 Å². The molecule has 0 bridgehead atoms. The third-order valence-corrected chi connectivity index (χ3v) is 2.73. The van der Waals surface area contributed by atoms with Crippen molar-refractivity contribution in [3.63, 3.8) is 0 Å². The lowest BCUT2D eigenvalue weighted by Gasteiger charge is -2.09. The smallest absolute Gasteiger partial charge is 0.172 e. The van der Waals surface area contributed by atoms with Crippen LogP contribution in [0.5, 0.6) is 0 Å². The number of hydrogen-bond acceptors (Lipinski definition) is 1. The molecule has 0 radical (unpaired) electrons. The van der Waals surface area contributed by atoms with E-state index in [1.165, 1.54) is 0 Å². The Morgan fingerprint density at radius 1 is 1.20 bits per heavy atom. The third-order valence-electron chi connectivity index (χ3n) is 1.76. The molecule has 1 aromatic carbocycles. The molecule has 3 heteroatoms. The number of nitrogens with zero attached hydrogens (tertiary/aromatic N) is 1. The summed E-state index contributed by atoms with van der Waals surface area (Å²) in [6.45, 7) is 8.10. The molecule has 2 nitrogen and oxygen atoms in total. The molecule has 0 amide bonds. The van der Waals surface area contributed by atoms with Crippen LogP contribution in [0, 0.1) is 12.3 Å². The van der Waals surface area contributed by atoms with Crippen molar-refractivity contribution in [1.82, 2.24) is 0 Å². The Bertz CT molecular complexity index is 374. The summed E-state index contributed by atoms with van der Waals surface area (Å²) in [6.07, 6.45) is 1.74. The largest absolute Gasteiger partial charge is 0.230 e. The van der Waals surface area contributed by atoms with Crippen LogP contribution in [0.3, 0.4) is 0 Å². The third kappa shape index (κ3) is 4.38. The SMILES string of the molecule is Cc1ccc([S@@](=O)/N=C/C(C)(C)C)cc1. The van der Waals surface area contributed by atoms with Crippen LogP contribution < -0.4 is 0 Å². The predicted molar refractivity (Wildman–Crippen MR) is 65.5 cm³/mol. The van der Waals surface area contributed by atoms with Crippen molar-refractivity contribution in [1.29, 1.82) is 0 Å². The fraction of sp³-hybridized carbons (Fsp3) is 0.417. The van der Waals surface area contributed by atoms with Crippen LogP contribution in [0.15, 0.2) is 33.6 Å². The molecule has 0 N–H and O–H groups in total. The average Bonchev–Trinajstić information content (AvgIpc) is 2.14. The average molecular weight is 223 g/mol. The van der Waals surface area contributed by atoms with Crippen molar-refractivity contribution < 1.29 is 4.21 Å². The minimum Gasteiger partial charge on any atom is -0.230 e. The summed E-state index contributed by atoms with van der Waals surface area (Å²) < 4.78 is 15.8. The zero-order chi connectivity index (χ0) is 11.5. The van der Waals surface area contributed by atoms with E-state index in [-0.39, 0.29) is 5.41 Å². The number of rotatable bonds is 2. The lowest BCUT2D eigenvalue weighted by molar-refractivity contribution is 0.607. The van der Waals surface area contributed by atoms with E-state index in [9.17, 15) is 4.21 Å². The van der Waals surface area contributed by atoms with Gasteiger partial charge in [-0.2, -0.15) is 4.40 Å². The number of benzene rings is 1. The van der Waals surface area contributed by atoms with E-state index < -0.39 is 11.0 Å². The first-order valence-corrected chi connectivity index (χ1v) is 6.03. The minimum absolute atomic E-state index is 0.0274. The van der Waals surface area contributed by atoms with Gasteiger partial charge >= 0.3 is 0 Å². The van der Waals surface area contributed by atoms with Gasteiger partial charge in [0.05, 0.1) is 4.90 Å². The summed E-state index contributed by atoms with van der Waals surface area (Å²) in [7, 11) is -1.27. The van der Waals surface area contributed by atoms with Crippen LogP contribution in [-0.4, -0.2) is 10.4 Å². The normalized spacial score (nSPS) is 14.4. The van der Waals surface area contributed by atoms with Gasteiger partial charge in [-0.3, -0.25) is 0 Å². The standard InChI is InChI=1S/C12H17NOS/c1-10-5-7-11(8-6-10)15(14)13-9-12(2,3)4/h5-9H,1-4H3/b13-9+/t15-/m1/s1. The highest BCUT2D eigenvalue weighted by molar-refractivity contribution is 7.83. The van der Waals surface area contributed by atoms with Crippen molar-refractivity contribution in [2.45, 2.75) is 32.6 Å². The topological polar surface area (TPSA) is 29.4 Å². The molecule has 0 heterocycles. The van der Waals surface area contributed by atoms with Gasteiger partial charge in [0.1, 0.15) is 0 Å². The first-order chi connectivity index (χ1) is 6.88. The Balaban J connectivity index is 2.78. The van der Waals surface area contributed by atoms with Gasteiger partial charge in [-0.1, -0.05) is 38.5 Å². The van der Waals surface area contributed by atoms with Gasteiger partial charge in [-0.05, 0) is 24.5 Å². The highest BCUT2D eigenvalue weighted by atomic mass is 32.2. The van der Waals surface area contributed by atoms with Gasteiger partial charge in [0, 0.05) is 6.21 Å². The molecule has 1 rings (SSSR count). The molecule has 0 saturated heterocycles. The van der Waals surface area contributed by atoms with E-state index in [1.54, 1.807) is 6.21 Å². The maximum Gasteiger partial charge on any atom is 0.172 e. The Morgan fingerprint density at radius 2 is 1.73 bits per heavy atom. The molecule has 0 fully saturated rings. The molecule has 0 aliphatic carbocycles. The zero-order valence-corrected chi connectivity index (χ0v) is 10.5. The summed E-state index contributed by atoms with van der Waals surface area (Å²) in [5.41, 5.74) is 1.14. The number of aryl methyl sites for hydroxylation is 1. The van der Waals surface area contributed by atoms with E-state index in [4.69, 9.17) is 0 Å². The predicted octanol–water partition coefficient (Wildman–Crippen LogP) is 3.13. The van der Waals surface area contributed by atoms with Gasteiger partial charge in [0.25, 0.3) is 0 Å². The Labute approximate surface area is 94.0 Å². The van der Waals surface area contributed by atoms with Crippen LogP contribution in [-0.2, 0) is 11.0 Å². The molecule has 15 heavy (non-hydrogen) atoms. The molecule has 1 atom stereocenters. The van der Waals surface area contributed by atoms with E-state index in [2.05, 4.69) is 4.40 Å². The first-order valence-electron chi connectivity index (χ1n) is 4.92. The second kappa shape index (κ2) is 4.71. The van der Waals surface area contributed by atoms with Crippen molar-refractivity contribution >= 4 is 17.2 Å². The van der Waals surface area contributed by atoms with Crippen molar-refractivity contribution in [2.75, 3.05) is 0 Å². The van der Waals surface area contributed by atoms with E-state index in [1.807, 2.05) is 52.0 Å². The summed E-state index contributed by atoms with van der Waals surface area (Å²) >= 11 is 0. The fourth-order valence-electron chi connectivity index (χ4n) is 0.922. The van der Waals surface area contributed by atoms with E-state index >= 15 is 0 Å². The zero-order valence-electron chi connectivity index (χ0n) is 9.65. The second-order valence-corrected chi connectivity index (χ2v) is 5.84. The lowest BCUT2D eigenvalue weighted by atomic mass is 10.00. The Hall–Kier alpha value is -0.960. The van der Waals surface area contributed by atoms with Gasteiger partial charge < -0.3 is 0 Å². The molecule has 0 aromatic heterocycles. The summed E-state index contributed by atoms with van der Waals surface area (Å²) in [4.78, 5) is 0.751. The molecule has 0 aliphatic heterocycles. The molecule has 0 unspecified atom stereocenters. The van der Waals surface area contributed by atoms with Crippen LogP contribution in [0.4, 0.5) is 0 Å². The summed E-state index contributed by atoms with van der Waals surface area (Å²) in [6, 6.07) is 7.59. The highest BCUT2D eigenvalue weighted by Gasteiger charge is 2.07. The fourth-order valence-corrected chi connectivity index (χ4v) is 1.82. The first kappa shape index (κ1) is 12.1. The van der Waals surface area contributed by atoms with Crippen LogP contribution in [0.25, 0.3) is 0 Å². The van der Waals surface area contributed by atoms with E-state index in [0.717, 1.165) is 10.5 Å². The van der Waals surface area contributed by atoms with Crippen LogP contribution >= 0.6 is 0 Å². The Kier molecular flexibility index (Phi) is 3.80. The number of hydrogen-bond donors (Lipinski definition) is 0. The molecular weight excluding hydrogens is 206 g/mol. The van der Waals surface area contributed by atoms with Gasteiger partial charge in [0.2, 0.25) is 0 Å². The molecule has 0 spiro atoms. The monoisotopic (exact) mass is 223 g/mol. The van der Waals surface area contributed by atoms with Gasteiger partial charge in [-0.15, -0.1) is 0 Å². The van der Waals surface area contributed by atoms with Crippen molar-refractivity contribution in [3.05, 3.63) is 29.8 Å². The summed E-state index contributed by atoms with van der Waals surface area (Å²) in [5, 5.41) is 0. The van der Waals surface area contributed by atoms with Crippen molar-refractivity contribution in [3.8, 4) is 0 Å². The molecule has 1 aromatic rings. The maximum atomic E-state index is 11.7. The second-order valence-electron chi connectivity index (χ2n) is 4.66. The minimum atomic E-state index is -1.27. The molecule has 0 aliphatic rings. The van der Waals surface area contributed by atoms with E-state index in [0.29, 0.717) is 0 Å². The van der Waals surface area contributed by atoms with Crippen LogP contribution in [0.1, 0.15) is 26.3 Å². The summed E-state index contributed by atoms with van der Waals surface area (Å²) in [5.74, 6) is 0. The highest BCUT2D eigenvalue weighted by Crippen LogP contribution is 2.12. The quantitative estimate of drug-likeness (QED) is 0.708. The lowest BCUT2D eigenvalue weighted by Crippen LogP contribution is -2.06.